The number of hydrogen-bond acceptors (Lipinski definition) is 2. The molecular formula is C22H22N2O2. The Kier molecular flexibility index (Phi) is 5.03. The topological polar surface area (TPSA) is 62.0 Å². The number of aryl methyl sites for hydroxylation is 1. The molecule has 26 heavy (non-hydrogen) atoms. The van der Waals surface area contributed by atoms with E-state index in [0.29, 0.717) is 11.3 Å². The number of carbonyl (C=O) groups excluding carboxylic acids is 1. The first kappa shape index (κ1) is 17.7. The van der Waals surface area contributed by atoms with Gasteiger partial charge in [-0.15, -0.1) is 0 Å². The number of rotatable bonds is 4. The summed E-state index contributed by atoms with van der Waals surface area (Å²) in [6.45, 7) is 6.05. The van der Waals surface area contributed by atoms with Gasteiger partial charge in [0.15, 0.2) is 0 Å². The van der Waals surface area contributed by atoms with E-state index in [0.717, 1.165) is 16.7 Å². The monoisotopic (exact) mass is 346 g/mol. The van der Waals surface area contributed by atoms with Gasteiger partial charge in [-0.25, -0.2) is 0 Å². The van der Waals surface area contributed by atoms with E-state index in [1.807, 2.05) is 56.3 Å². The summed E-state index contributed by atoms with van der Waals surface area (Å²) in [7, 11) is 0. The minimum Gasteiger partial charge on any atom is -0.346 e. The normalized spacial score (nSPS) is 11.8. The highest BCUT2D eigenvalue weighted by Crippen LogP contribution is 2.21. The number of carbonyl (C=O) groups is 1. The minimum atomic E-state index is -0.295. The molecule has 0 saturated carbocycles. The highest BCUT2D eigenvalue weighted by molar-refractivity contribution is 5.95. The van der Waals surface area contributed by atoms with Crippen LogP contribution >= 0.6 is 0 Å². The van der Waals surface area contributed by atoms with Gasteiger partial charge in [0.2, 0.25) is 5.56 Å². The van der Waals surface area contributed by atoms with Crippen LogP contribution in [0.1, 0.15) is 40.0 Å². The van der Waals surface area contributed by atoms with Crippen molar-refractivity contribution in [1.82, 2.24) is 10.3 Å². The van der Waals surface area contributed by atoms with Crippen LogP contribution in [0.3, 0.4) is 0 Å². The summed E-state index contributed by atoms with van der Waals surface area (Å²) < 4.78 is 0. The number of aromatic amines is 1. The van der Waals surface area contributed by atoms with Gasteiger partial charge in [0, 0.05) is 17.3 Å². The Balaban J connectivity index is 1.87. The first-order chi connectivity index (χ1) is 12.5. The zero-order valence-electron chi connectivity index (χ0n) is 15.2. The Bertz CT molecular complexity index is 991. The Hall–Kier alpha value is -3.14. The molecule has 4 nitrogen and oxygen atoms in total. The third-order valence-corrected chi connectivity index (χ3v) is 4.65. The van der Waals surface area contributed by atoms with Crippen LogP contribution in [0.15, 0.2) is 65.5 Å². The lowest BCUT2D eigenvalue weighted by molar-refractivity contribution is 0.0939. The molecule has 0 aliphatic carbocycles. The maximum atomic E-state index is 12.7. The fourth-order valence-electron chi connectivity index (χ4n) is 3.05. The Morgan fingerprint density at radius 3 is 2.46 bits per heavy atom. The number of hydrogen-bond donors (Lipinski definition) is 2. The van der Waals surface area contributed by atoms with Crippen molar-refractivity contribution in [3.8, 4) is 11.3 Å². The fourth-order valence-corrected chi connectivity index (χ4v) is 3.05. The lowest BCUT2D eigenvalue weighted by Gasteiger charge is -2.18. The average Bonchev–Trinajstić information content (AvgIpc) is 2.64. The predicted octanol–water partition coefficient (Wildman–Crippen LogP) is 4.15. The van der Waals surface area contributed by atoms with Gasteiger partial charge in [-0.3, -0.25) is 9.59 Å². The van der Waals surface area contributed by atoms with Crippen molar-refractivity contribution >= 4 is 5.91 Å². The molecule has 2 N–H and O–H groups in total. The third kappa shape index (κ3) is 3.75. The van der Waals surface area contributed by atoms with Gasteiger partial charge < -0.3 is 10.3 Å². The maximum absolute atomic E-state index is 12.7. The average molecular weight is 346 g/mol. The predicted molar refractivity (Wildman–Crippen MR) is 104 cm³/mol. The maximum Gasteiger partial charge on any atom is 0.252 e. The van der Waals surface area contributed by atoms with E-state index in [1.165, 1.54) is 11.6 Å². The Labute approximate surface area is 152 Å². The smallest absolute Gasteiger partial charge is 0.252 e. The van der Waals surface area contributed by atoms with Crippen LogP contribution in [-0.2, 0) is 0 Å². The van der Waals surface area contributed by atoms with E-state index < -0.39 is 0 Å². The molecule has 1 atom stereocenters. The molecule has 3 rings (SSSR count). The first-order valence-electron chi connectivity index (χ1n) is 8.62. The highest BCUT2D eigenvalue weighted by Gasteiger charge is 2.15. The Morgan fingerprint density at radius 1 is 1.00 bits per heavy atom. The van der Waals surface area contributed by atoms with Crippen LogP contribution in [0.25, 0.3) is 11.3 Å². The number of aromatic nitrogens is 1. The first-order valence-corrected chi connectivity index (χ1v) is 8.62. The second-order valence-electron chi connectivity index (χ2n) is 6.50. The van der Waals surface area contributed by atoms with Gasteiger partial charge >= 0.3 is 0 Å². The largest absolute Gasteiger partial charge is 0.346 e. The van der Waals surface area contributed by atoms with Crippen LogP contribution in [0.5, 0.6) is 0 Å². The number of nitrogens with one attached hydrogen (secondary N) is 2. The molecular weight excluding hydrogens is 324 g/mol. The molecule has 1 unspecified atom stereocenters. The molecule has 4 heteroatoms. The summed E-state index contributed by atoms with van der Waals surface area (Å²) in [4.78, 5) is 27.5. The standard InChI is InChI=1S/C22H22N2O2/c1-14-8-7-11-19(15(14)2)16(3)23-22(26)18-12-20(24-21(25)13-18)17-9-5-4-6-10-17/h4-13,16H,1-3H3,(H,23,26)(H,24,25). The lowest BCUT2D eigenvalue weighted by Crippen LogP contribution is -2.28. The molecule has 0 spiro atoms. The van der Waals surface area contributed by atoms with Crippen molar-refractivity contribution in [3.05, 3.63) is 93.3 Å². The van der Waals surface area contributed by atoms with Gasteiger partial charge in [0.05, 0.1) is 6.04 Å². The van der Waals surface area contributed by atoms with Crippen LogP contribution in [0.2, 0.25) is 0 Å². The molecule has 0 aliphatic heterocycles. The van der Waals surface area contributed by atoms with Crippen LogP contribution in [0.4, 0.5) is 0 Å². The number of amides is 1. The molecule has 0 bridgehead atoms. The fraction of sp³-hybridized carbons (Fsp3) is 0.182. The van der Waals surface area contributed by atoms with Crippen molar-refractivity contribution in [2.75, 3.05) is 0 Å². The number of pyridine rings is 1. The van der Waals surface area contributed by atoms with Gasteiger partial charge in [-0.05, 0) is 49.1 Å². The number of benzene rings is 2. The second-order valence-corrected chi connectivity index (χ2v) is 6.50. The van der Waals surface area contributed by atoms with E-state index in [1.54, 1.807) is 6.07 Å². The zero-order chi connectivity index (χ0) is 18.7. The lowest BCUT2D eigenvalue weighted by atomic mass is 9.98. The number of H-pyrrole nitrogens is 1. The van der Waals surface area contributed by atoms with Crippen molar-refractivity contribution in [3.63, 3.8) is 0 Å². The van der Waals surface area contributed by atoms with E-state index in [2.05, 4.69) is 23.3 Å². The molecule has 1 heterocycles. The van der Waals surface area contributed by atoms with E-state index in [9.17, 15) is 9.59 Å². The molecule has 2 aromatic carbocycles. The molecule has 0 radical (unpaired) electrons. The summed E-state index contributed by atoms with van der Waals surface area (Å²) in [6, 6.07) is 18.4. The van der Waals surface area contributed by atoms with Crippen LogP contribution in [0, 0.1) is 13.8 Å². The summed E-state index contributed by atoms with van der Waals surface area (Å²) >= 11 is 0. The summed E-state index contributed by atoms with van der Waals surface area (Å²) in [5, 5.41) is 2.99. The molecule has 0 fully saturated rings. The van der Waals surface area contributed by atoms with Crippen LogP contribution < -0.4 is 10.9 Å². The molecule has 1 aromatic heterocycles. The van der Waals surface area contributed by atoms with Crippen molar-refractivity contribution in [1.29, 1.82) is 0 Å². The molecule has 0 saturated heterocycles. The minimum absolute atomic E-state index is 0.151. The van der Waals surface area contributed by atoms with Gasteiger partial charge in [-0.1, -0.05) is 48.5 Å². The van der Waals surface area contributed by atoms with E-state index in [-0.39, 0.29) is 17.5 Å². The highest BCUT2D eigenvalue weighted by atomic mass is 16.2. The van der Waals surface area contributed by atoms with Crippen molar-refractivity contribution in [2.24, 2.45) is 0 Å². The van der Waals surface area contributed by atoms with Gasteiger partial charge in [0.25, 0.3) is 5.91 Å². The third-order valence-electron chi connectivity index (χ3n) is 4.65. The quantitative estimate of drug-likeness (QED) is 0.745. The summed E-state index contributed by atoms with van der Waals surface area (Å²) in [5.74, 6) is -0.262. The van der Waals surface area contributed by atoms with Gasteiger partial charge in [0.1, 0.15) is 0 Å². The Morgan fingerprint density at radius 2 is 1.73 bits per heavy atom. The van der Waals surface area contributed by atoms with Crippen molar-refractivity contribution in [2.45, 2.75) is 26.8 Å². The molecule has 0 aliphatic rings. The van der Waals surface area contributed by atoms with Gasteiger partial charge in [-0.2, -0.15) is 0 Å². The van der Waals surface area contributed by atoms with Crippen molar-refractivity contribution < 1.29 is 4.79 Å². The van der Waals surface area contributed by atoms with E-state index >= 15 is 0 Å². The second kappa shape index (κ2) is 7.40. The SMILES string of the molecule is Cc1cccc(C(C)NC(=O)c2cc(-c3ccccc3)[nH]c(=O)c2)c1C. The van der Waals surface area contributed by atoms with Crippen LogP contribution in [-0.4, -0.2) is 10.9 Å². The summed E-state index contributed by atoms with van der Waals surface area (Å²) in [6.07, 6.45) is 0. The molecule has 1 amide bonds. The molecule has 132 valence electrons. The summed E-state index contributed by atoms with van der Waals surface area (Å²) in [5.41, 5.74) is 4.97. The van der Waals surface area contributed by atoms with E-state index in [4.69, 9.17) is 0 Å². The molecule has 3 aromatic rings. The zero-order valence-corrected chi connectivity index (χ0v) is 15.2.